The van der Waals surface area contributed by atoms with Gasteiger partial charge in [0.05, 0.1) is 0 Å². The highest BCUT2D eigenvalue weighted by Gasteiger charge is 1.92. The molecule has 0 aliphatic heterocycles. The SMILES string of the molecule is CC/C=C\C/C=C\C/C=C\C/C=C\CCCC(=O)O. The zero-order chi connectivity index (χ0) is 14.2. The second-order valence-corrected chi connectivity index (χ2v) is 4.29. The molecule has 2 heteroatoms. The van der Waals surface area contributed by atoms with Crippen LogP contribution in [0.15, 0.2) is 48.6 Å². The van der Waals surface area contributed by atoms with Crippen LogP contribution < -0.4 is 0 Å². The van der Waals surface area contributed by atoms with Gasteiger partial charge in [-0.2, -0.15) is 0 Å². The Balaban J connectivity index is 3.40. The molecule has 0 bridgehead atoms. The van der Waals surface area contributed by atoms with E-state index in [1.54, 1.807) is 0 Å². The minimum absolute atomic E-state index is 0.261. The molecule has 0 spiro atoms. The van der Waals surface area contributed by atoms with Crippen molar-refractivity contribution in [3.8, 4) is 0 Å². The molecule has 2 nitrogen and oxygen atoms in total. The third-order valence-electron chi connectivity index (χ3n) is 2.48. The predicted molar refractivity (Wildman–Crippen MR) is 82.2 cm³/mol. The van der Waals surface area contributed by atoms with Crippen LogP contribution in [-0.4, -0.2) is 11.1 Å². The normalized spacial score (nSPS) is 12.5. The van der Waals surface area contributed by atoms with Gasteiger partial charge in [-0.15, -0.1) is 0 Å². The van der Waals surface area contributed by atoms with E-state index in [1.165, 1.54) is 0 Å². The first-order valence-corrected chi connectivity index (χ1v) is 7.09. The summed E-state index contributed by atoms with van der Waals surface area (Å²) >= 11 is 0. The third kappa shape index (κ3) is 16.4. The molecular weight excluding hydrogens is 236 g/mol. The summed E-state index contributed by atoms with van der Waals surface area (Å²) in [6.45, 7) is 2.14. The number of carboxylic acids is 1. The lowest BCUT2D eigenvalue weighted by atomic mass is 10.2. The second kappa shape index (κ2) is 14.5. The van der Waals surface area contributed by atoms with Gasteiger partial charge >= 0.3 is 5.97 Å². The predicted octanol–water partition coefficient (Wildman–Crippen LogP) is 5.05. The summed E-state index contributed by atoms with van der Waals surface area (Å²) in [5.74, 6) is -0.714. The Bertz CT molecular complexity index is 322. The molecule has 1 N–H and O–H groups in total. The first-order valence-electron chi connectivity index (χ1n) is 7.09. The van der Waals surface area contributed by atoms with Gasteiger partial charge in [-0.25, -0.2) is 0 Å². The van der Waals surface area contributed by atoms with Gasteiger partial charge in [-0.05, 0) is 38.5 Å². The quantitative estimate of drug-likeness (QED) is 0.418. The molecule has 0 aromatic heterocycles. The van der Waals surface area contributed by atoms with Crippen LogP contribution in [0.1, 0.15) is 51.9 Å². The van der Waals surface area contributed by atoms with Crippen LogP contribution in [-0.2, 0) is 4.79 Å². The van der Waals surface area contributed by atoms with Crippen molar-refractivity contribution < 1.29 is 9.90 Å². The van der Waals surface area contributed by atoms with E-state index in [9.17, 15) is 4.79 Å². The highest BCUT2D eigenvalue weighted by molar-refractivity contribution is 5.66. The third-order valence-corrected chi connectivity index (χ3v) is 2.48. The van der Waals surface area contributed by atoms with Crippen molar-refractivity contribution in [3.05, 3.63) is 48.6 Å². The van der Waals surface area contributed by atoms with E-state index in [2.05, 4.69) is 55.5 Å². The molecule has 0 aromatic rings. The van der Waals surface area contributed by atoms with Gasteiger partial charge in [0.2, 0.25) is 0 Å². The molecule has 0 aliphatic rings. The molecule has 0 atom stereocenters. The molecular formula is C17H26O2. The molecule has 0 unspecified atom stereocenters. The molecule has 0 amide bonds. The van der Waals surface area contributed by atoms with E-state index >= 15 is 0 Å². The maximum absolute atomic E-state index is 10.3. The van der Waals surface area contributed by atoms with Gasteiger partial charge in [-0.3, -0.25) is 4.79 Å². The van der Waals surface area contributed by atoms with Crippen LogP contribution in [0.3, 0.4) is 0 Å². The van der Waals surface area contributed by atoms with Crippen molar-refractivity contribution in [1.82, 2.24) is 0 Å². The van der Waals surface area contributed by atoms with E-state index in [4.69, 9.17) is 5.11 Å². The van der Waals surface area contributed by atoms with E-state index in [1.807, 2.05) is 0 Å². The maximum Gasteiger partial charge on any atom is 0.303 e. The zero-order valence-electron chi connectivity index (χ0n) is 11.9. The van der Waals surface area contributed by atoms with Gasteiger partial charge in [0.15, 0.2) is 0 Å². The molecule has 0 radical (unpaired) electrons. The van der Waals surface area contributed by atoms with Crippen molar-refractivity contribution in [1.29, 1.82) is 0 Å². The Labute approximate surface area is 117 Å². The highest BCUT2D eigenvalue weighted by Crippen LogP contribution is 1.98. The number of carboxylic acid groups (broad SMARTS) is 1. The summed E-state index contributed by atoms with van der Waals surface area (Å²) in [7, 11) is 0. The standard InChI is InChI=1S/C17H26O2/c1-2-3-4-5-6-7-8-9-10-11-12-13-14-15-16-17(18)19/h3-4,6-7,9-10,12-13H,2,5,8,11,14-16H2,1H3,(H,18,19)/b4-3-,7-6-,10-9-,13-12-. The lowest BCUT2D eigenvalue weighted by Gasteiger charge is -1.89. The van der Waals surface area contributed by atoms with Crippen LogP contribution in [0.4, 0.5) is 0 Å². The van der Waals surface area contributed by atoms with Gasteiger partial charge in [0.25, 0.3) is 0 Å². The summed E-state index contributed by atoms with van der Waals surface area (Å²) in [5.41, 5.74) is 0. The second-order valence-electron chi connectivity index (χ2n) is 4.29. The van der Waals surface area contributed by atoms with E-state index in [0.717, 1.165) is 38.5 Å². The van der Waals surface area contributed by atoms with Gasteiger partial charge in [0, 0.05) is 6.42 Å². The summed E-state index contributed by atoms with van der Waals surface area (Å²) in [4.78, 5) is 10.3. The fourth-order valence-electron chi connectivity index (χ4n) is 1.47. The molecule has 0 aliphatic carbocycles. The van der Waals surface area contributed by atoms with Crippen molar-refractivity contribution in [3.63, 3.8) is 0 Å². The monoisotopic (exact) mass is 262 g/mol. The topological polar surface area (TPSA) is 37.3 Å². The molecule has 106 valence electrons. The lowest BCUT2D eigenvalue weighted by molar-refractivity contribution is -0.137. The average Bonchev–Trinajstić information content (AvgIpc) is 2.39. The van der Waals surface area contributed by atoms with Crippen molar-refractivity contribution in [2.75, 3.05) is 0 Å². The van der Waals surface area contributed by atoms with Crippen LogP contribution in [0, 0.1) is 0 Å². The molecule has 19 heavy (non-hydrogen) atoms. The molecule has 0 aromatic carbocycles. The van der Waals surface area contributed by atoms with Crippen LogP contribution in [0.25, 0.3) is 0 Å². The first kappa shape index (κ1) is 17.4. The molecule has 0 fully saturated rings. The smallest absolute Gasteiger partial charge is 0.303 e. The Kier molecular flexibility index (Phi) is 13.3. The first-order chi connectivity index (χ1) is 9.27. The fraction of sp³-hybridized carbons (Fsp3) is 0.471. The fourth-order valence-corrected chi connectivity index (χ4v) is 1.47. The summed E-state index contributed by atoms with van der Waals surface area (Å²) in [6.07, 6.45) is 23.0. The lowest BCUT2D eigenvalue weighted by Crippen LogP contribution is -1.92. The summed E-state index contributed by atoms with van der Waals surface area (Å²) in [6, 6.07) is 0. The summed E-state index contributed by atoms with van der Waals surface area (Å²) < 4.78 is 0. The minimum Gasteiger partial charge on any atom is -0.481 e. The number of carbonyl (C=O) groups is 1. The maximum atomic E-state index is 10.3. The largest absolute Gasteiger partial charge is 0.481 e. The van der Waals surface area contributed by atoms with Gasteiger partial charge < -0.3 is 5.11 Å². The number of hydrogen-bond donors (Lipinski definition) is 1. The summed E-state index contributed by atoms with van der Waals surface area (Å²) in [5, 5.41) is 8.46. The molecule has 0 saturated heterocycles. The van der Waals surface area contributed by atoms with E-state index < -0.39 is 5.97 Å². The Morgan fingerprint density at radius 1 is 0.842 bits per heavy atom. The van der Waals surface area contributed by atoms with Crippen LogP contribution in [0.5, 0.6) is 0 Å². The van der Waals surface area contributed by atoms with Crippen molar-refractivity contribution >= 4 is 5.97 Å². The number of aliphatic carboxylic acids is 1. The van der Waals surface area contributed by atoms with E-state index in [-0.39, 0.29) is 6.42 Å². The minimum atomic E-state index is -0.714. The zero-order valence-corrected chi connectivity index (χ0v) is 11.9. The van der Waals surface area contributed by atoms with Gasteiger partial charge in [-0.1, -0.05) is 55.5 Å². The van der Waals surface area contributed by atoms with Crippen LogP contribution >= 0.6 is 0 Å². The van der Waals surface area contributed by atoms with Gasteiger partial charge in [0.1, 0.15) is 0 Å². The van der Waals surface area contributed by atoms with Crippen LogP contribution in [0.2, 0.25) is 0 Å². The Morgan fingerprint density at radius 3 is 1.79 bits per heavy atom. The molecule has 0 rings (SSSR count). The number of rotatable bonds is 11. The number of hydrogen-bond acceptors (Lipinski definition) is 1. The molecule has 0 saturated carbocycles. The highest BCUT2D eigenvalue weighted by atomic mass is 16.4. The van der Waals surface area contributed by atoms with Crippen molar-refractivity contribution in [2.45, 2.75) is 51.9 Å². The number of allylic oxidation sites excluding steroid dienone is 8. The Morgan fingerprint density at radius 2 is 1.32 bits per heavy atom. The average molecular weight is 262 g/mol. The van der Waals surface area contributed by atoms with Crippen molar-refractivity contribution in [2.24, 2.45) is 0 Å². The number of unbranched alkanes of at least 4 members (excludes halogenated alkanes) is 1. The Hall–Kier alpha value is -1.57. The van der Waals surface area contributed by atoms with E-state index in [0.29, 0.717) is 0 Å². The molecule has 0 heterocycles.